The molecule has 2 N–H and O–H groups in total. The SMILES string of the molecule is c1ccc(NC2(Nc3ccccc3)Cc3ccc(cc3)C2)cc1. The quantitative estimate of drug-likeness (QED) is 0.682. The molecule has 0 heterocycles. The molecule has 2 heteroatoms. The summed E-state index contributed by atoms with van der Waals surface area (Å²) < 4.78 is 0. The van der Waals surface area contributed by atoms with Crippen LogP contribution < -0.4 is 10.6 Å². The van der Waals surface area contributed by atoms with E-state index in [-0.39, 0.29) is 5.66 Å². The number of para-hydroxylation sites is 2. The first kappa shape index (κ1) is 13.9. The van der Waals surface area contributed by atoms with Gasteiger partial charge in [-0.25, -0.2) is 0 Å². The first-order valence-electron chi connectivity index (χ1n) is 8.06. The second-order valence-corrected chi connectivity index (χ2v) is 6.23. The van der Waals surface area contributed by atoms with Gasteiger partial charge in [0.25, 0.3) is 0 Å². The third-order valence-corrected chi connectivity index (χ3v) is 4.35. The molecule has 0 fully saturated rings. The van der Waals surface area contributed by atoms with Crippen LogP contribution in [0.15, 0.2) is 84.9 Å². The molecule has 3 aromatic carbocycles. The van der Waals surface area contributed by atoms with Gasteiger partial charge in [-0.15, -0.1) is 0 Å². The van der Waals surface area contributed by atoms with Crippen LogP contribution in [0.3, 0.4) is 0 Å². The van der Waals surface area contributed by atoms with E-state index < -0.39 is 0 Å². The monoisotopic (exact) mass is 300 g/mol. The van der Waals surface area contributed by atoms with E-state index in [1.54, 1.807) is 0 Å². The van der Waals surface area contributed by atoms with Crippen molar-refractivity contribution in [3.63, 3.8) is 0 Å². The van der Waals surface area contributed by atoms with Gasteiger partial charge in [-0.05, 0) is 35.4 Å². The minimum absolute atomic E-state index is 0.222. The Labute approximate surface area is 137 Å². The molecule has 0 spiro atoms. The highest BCUT2D eigenvalue weighted by atomic mass is 15.2. The van der Waals surface area contributed by atoms with Crippen molar-refractivity contribution in [2.75, 3.05) is 10.6 Å². The molecule has 3 aromatic rings. The number of rotatable bonds is 4. The topological polar surface area (TPSA) is 24.1 Å². The lowest BCUT2D eigenvalue weighted by Gasteiger charge is -2.37. The van der Waals surface area contributed by atoms with Gasteiger partial charge < -0.3 is 10.6 Å². The Hall–Kier alpha value is -2.74. The van der Waals surface area contributed by atoms with Crippen LogP contribution in [0.4, 0.5) is 11.4 Å². The van der Waals surface area contributed by atoms with Crippen LogP contribution in [0.2, 0.25) is 0 Å². The second kappa shape index (κ2) is 5.81. The average molecular weight is 300 g/mol. The molecule has 0 saturated carbocycles. The Kier molecular flexibility index (Phi) is 3.51. The van der Waals surface area contributed by atoms with Crippen molar-refractivity contribution in [1.82, 2.24) is 0 Å². The Morgan fingerprint density at radius 2 is 0.913 bits per heavy atom. The van der Waals surface area contributed by atoms with Gasteiger partial charge in [-0.3, -0.25) is 0 Å². The van der Waals surface area contributed by atoms with E-state index in [1.165, 1.54) is 11.1 Å². The molecule has 114 valence electrons. The predicted molar refractivity (Wildman–Crippen MR) is 96.7 cm³/mol. The molecule has 0 atom stereocenters. The maximum Gasteiger partial charge on any atom is 0.116 e. The molecule has 2 bridgehead atoms. The summed E-state index contributed by atoms with van der Waals surface area (Å²) in [6, 6.07) is 29.8. The molecule has 0 aliphatic heterocycles. The van der Waals surface area contributed by atoms with Crippen LogP contribution in [0.1, 0.15) is 11.1 Å². The molecule has 2 aliphatic carbocycles. The molecular weight excluding hydrogens is 280 g/mol. The van der Waals surface area contributed by atoms with E-state index in [2.05, 4.69) is 83.4 Å². The molecule has 2 aliphatic rings. The summed E-state index contributed by atoms with van der Waals surface area (Å²) in [4.78, 5) is 0. The average Bonchev–Trinajstić information content (AvgIpc) is 2.85. The first-order valence-corrected chi connectivity index (χ1v) is 8.06. The standard InChI is InChI=1S/C21H20N2/c1-3-7-19(8-4-1)22-21(23-20-9-5-2-6-10-20)15-17-11-12-18(16-21)14-13-17/h1-14,22-23H,15-16H2. The van der Waals surface area contributed by atoms with Gasteiger partial charge >= 0.3 is 0 Å². The van der Waals surface area contributed by atoms with Crippen LogP contribution in [-0.2, 0) is 12.8 Å². The van der Waals surface area contributed by atoms with Crippen molar-refractivity contribution in [3.05, 3.63) is 96.1 Å². The summed E-state index contributed by atoms with van der Waals surface area (Å²) in [5, 5.41) is 7.50. The van der Waals surface area contributed by atoms with E-state index in [9.17, 15) is 0 Å². The lowest BCUT2D eigenvalue weighted by molar-refractivity contribution is 0.530. The molecule has 0 unspecified atom stereocenters. The molecule has 0 radical (unpaired) electrons. The van der Waals surface area contributed by atoms with Crippen LogP contribution in [-0.4, -0.2) is 5.66 Å². The van der Waals surface area contributed by atoms with E-state index in [0.717, 1.165) is 24.2 Å². The van der Waals surface area contributed by atoms with E-state index >= 15 is 0 Å². The van der Waals surface area contributed by atoms with E-state index in [1.807, 2.05) is 12.1 Å². The number of fused-ring (bicyclic) bond motifs is 4. The van der Waals surface area contributed by atoms with Crippen molar-refractivity contribution >= 4 is 11.4 Å². The van der Waals surface area contributed by atoms with Gasteiger partial charge in [0.1, 0.15) is 5.66 Å². The second-order valence-electron chi connectivity index (χ2n) is 6.23. The number of nitrogens with one attached hydrogen (secondary N) is 2. The first-order chi connectivity index (χ1) is 11.3. The molecule has 2 nitrogen and oxygen atoms in total. The smallest absolute Gasteiger partial charge is 0.116 e. The summed E-state index contributed by atoms with van der Waals surface area (Å²) in [5.74, 6) is 0. The number of hydrogen-bond donors (Lipinski definition) is 2. The third kappa shape index (κ3) is 3.07. The van der Waals surface area contributed by atoms with Gasteiger partial charge in [-0.1, -0.05) is 60.7 Å². The molecule has 0 aromatic heterocycles. The normalized spacial score (nSPS) is 15.0. The van der Waals surface area contributed by atoms with Gasteiger partial charge in [-0.2, -0.15) is 0 Å². The Balaban J connectivity index is 1.70. The molecule has 0 saturated heterocycles. The Morgan fingerprint density at radius 1 is 0.522 bits per heavy atom. The van der Waals surface area contributed by atoms with Crippen molar-refractivity contribution in [1.29, 1.82) is 0 Å². The minimum atomic E-state index is -0.222. The van der Waals surface area contributed by atoms with Crippen molar-refractivity contribution in [2.45, 2.75) is 18.5 Å². The van der Waals surface area contributed by atoms with Gasteiger partial charge in [0.15, 0.2) is 0 Å². The zero-order valence-corrected chi connectivity index (χ0v) is 13.0. The van der Waals surface area contributed by atoms with Gasteiger partial charge in [0.05, 0.1) is 0 Å². The maximum absolute atomic E-state index is 3.75. The van der Waals surface area contributed by atoms with Gasteiger partial charge in [0.2, 0.25) is 0 Å². The predicted octanol–water partition coefficient (Wildman–Crippen LogP) is 4.71. The fourth-order valence-electron chi connectivity index (χ4n) is 3.34. The van der Waals surface area contributed by atoms with Crippen molar-refractivity contribution in [3.8, 4) is 0 Å². The van der Waals surface area contributed by atoms with Crippen molar-refractivity contribution < 1.29 is 0 Å². The Bertz CT molecular complexity index is 695. The summed E-state index contributed by atoms with van der Waals surface area (Å²) in [6.07, 6.45) is 1.88. The van der Waals surface area contributed by atoms with Crippen LogP contribution >= 0.6 is 0 Å². The van der Waals surface area contributed by atoms with Crippen LogP contribution in [0, 0.1) is 0 Å². The molecule has 23 heavy (non-hydrogen) atoms. The number of benzene rings is 3. The van der Waals surface area contributed by atoms with Gasteiger partial charge in [0, 0.05) is 24.2 Å². The highest BCUT2D eigenvalue weighted by molar-refractivity contribution is 5.54. The molecular formula is C21H20N2. The summed E-state index contributed by atoms with van der Waals surface area (Å²) in [7, 11) is 0. The fraction of sp³-hybridized carbons (Fsp3) is 0.143. The third-order valence-electron chi connectivity index (χ3n) is 4.35. The molecule has 5 rings (SSSR count). The zero-order chi connectivity index (χ0) is 15.5. The lowest BCUT2D eigenvalue weighted by atomic mass is 9.97. The van der Waals surface area contributed by atoms with Crippen molar-refractivity contribution in [2.24, 2.45) is 0 Å². The highest BCUT2D eigenvalue weighted by Crippen LogP contribution is 2.29. The number of anilines is 2. The van der Waals surface area contributed by atoms with Crippen LogP contribution in [0.25, 0.3) is 0 Å². The largest absolute Gasteiger partial charge is 0.362 e. The summed E-state index contributed by atoms with van der Waals surface area (Å²) in [5.41, 5.74) is 4.74. The Morgan fingerprint density at radius 3 is 1.30 bits per heavy atom. The van der Waals surface area contributed by atoms with E-state index in [4.69, 9.17) is 0 Å². The number of hydrogen-bond acceptors (Lipinski definition) is 2. The summed E-state index contributed by atoms with van der Waals surface area (Å²) in [6.45, 7) is 0. The zero-order valence-electron chi connectivity index (χ0n) is 13.0. The fourth-order valence-corrected chi connectivity index (χ4v) is 3.34. The lowest BCUT2D eigenvalue weighted by Crippen LogP contribution is -2.49. The van der Waals surface area contributed by atoms with Crippen LogP contribution in [0.5, 0.6) is 0 Å². The summed E-state index contributed by atoms with van der Waals surface area (Å²) >= 11 is 0. The highest BCUT2D eigenvalue weighted by Gasteiger charge is 2.32. The molecule has 0 amide bonds. The minimum Gasteiger partial charge on any atom is -0.362 e. The van der Waals surface area contributed by atoms with E-state index in [0.29, 0.717) is 0 Å². The maximum atomic E-state index is 3.75.